The Hall–Kier alpha value is 0.1000. The lowest BCUT2D eigenvalue weighted by Crippen LogP contribution is -1.91. The van der Waals surface area contributed by atoms with Crippen LogP contribution in [0, 0.1) is 12.7 Å². The van der Waals surface area contributed by atoms with Gasteiger partial charge in [0.15, 0.2) is 0 Å². The zero-order chi connectivity index (χ0) is 12.6. The van der Waals surface area contributed by atoms with Gasteiger partial charge in [-0.2, -0.15) is 0 Å². The molecule has 17 heavy (non-hydrogen) atoms. The molecule has 5 heteroatoms. The van der Waals surface area contributed by atoms with Crippen molar-refractivity contribution in [2.75, 3.05) is 0 Å². The van der Waals surface area contributed by atoms with E-state index in [2.05, 4.69) is 31.9 Å². The quantitative estimate of drug-likeness (QED) is 0.540. The molecule has 1 aromatic heterocycles. The van der Waals surface area contributed by atoms with Crippen molar-refractivity contribution in [1.29, 1.82) is 0 Å². The number of hydrogen-bond donors (Lipinski definition) is 0. The third-order valence-electron chi connectivity index (χ3n) is 2.36. The second-order valence-electron chi connectivity index (χ2n) is 3.64. The Bertz CT molecular complexity index is 534. The summed E-state index contributed by atoms with van der Waals surface area (Å²) in [5, 5.41) is -0.248. The number of alkyl halides is 1. The summed E-state index contributed by atoms with van der Waals surface area (Å²) in [4.78, 5) is 1.05. The third kappa shape index (κ3) is 2.92. The summed E-state index contributed by atoms with van der Waals surface area (Å²) in [6.45, 7) is 2.02. The fraction of sp³-hybridized carbons (Fsp3) is 0.167. The van der Waals surface area contributed by atoms with Crippen LogP contribution >= 0.6 is 54.8 Å². The van der Waals surface area contributed by atoms with Gasteiger partial charge in [-0.15, -0.1) is 22.9 Å². The topological polar surface area (TPSA) is 0 Å². The highest BCUT2D eigenvalue weighted by Gasteiger charge is 2.15. The Morgan fingerprint density at radius 3 is 2.53 bits per heavy atom. The molecular formula is C12H8Br2ClFS. The Balaban J connectivity index is 2.36. The molecule has 90 valence electrons. The fourth-order valence-corrected chi connectivity index (χ4v) is 3.75. The highest BCUT2D eigenvalue weighted by molar-refractivity contribution is 9.11. The van der Waals surface area contributed by atoms with Crippen molar-refractivity contribution in [3.05, 3.63) is 54.3 Å². The van der Waals surface area contributed by atoms with Crippen LogP contribution in [0.3, 0.4) is 0 Å². The van der Waals surface area contributed by atoms with E-state index in [1.54, 1.807) is 23.5 Å². The van der Waals surface area contributed by atoms with Crippen molar-refractivity contribution < 1.29 is 4.39 Å². The molecule has 1 heterocycles. The first-order valence-corrected chi connectivity index (χ1v) is 7.68. The Labute approximate surface area is 125 Å². The SMILES string of the molecule is Cc1cc(C(Cl)c2ccc(F)c(Br)c2)sc1Br. The van der Waals surface area contributed by atoms with Crippen LogP contribution in [-0.4, -0.2) is 0 Å². The number of rotatable bonds is 2. The zero-order valence-electron chi connectivity index (χ0n) is 8.81. The third-order valence-corrected chi connectivity index (χ3v) is 5.79. The number of thiophene rings is 1. The minimum Gasteiger partial charge on any atom is -0.206 e. The molecule has 0 saturated carbocycles. The average Bonchev–Trinajstić information content (AvgIpc) is 2.62. The van der Waals surface area contributed by atoms with Gasteiger partial charge in [-0.25, -0.2) is 4.39 Å². The Kier molecular flexibility index (Phi) is 4.29. The molecule has 0 saturated heterocycles. The van der Waals surface area contributed by atoms with Crippen molar-refractivity contribution in [2.24, 2.45) is 0 Å². The maximum absolute atomic E-state index is 13.1. The maximum atomic E-state index is 13.1. The van der Waals surface area contributed by atoms with Crippen LogP contribution < -0.4 is 0 Å². The van der Waals surface area contributed by atoms with Gasteiger partial charge in [-0.05, 0) is 68.1 Å². The van der Waals surface area contributed by atoms with Gasteiger partial charge in [-0.3, -0.25) is 0 Å². The molecule has 0 spiro atoms. The van der Waals surface area contributed by atoms with Crippen LogP contribution in [0.5, 0.6) is 0 Å². The van der Waals surface area contributed by atoms with Crippen molar-refractivity contribution >= 4 is 54.8 Å². The molecule has 0 aliphatic heterocycles. The van der Waals surface area contributed by atoms with Crippen LogP contribution in [0.25, 0.3) is 0 Å². The summed E-state index contributed by atoms with van der Waals surface area (Å²) >= 11 is 14.6. The fourth-order valence-electron chi connectivity index (χ4n) is 1.44. The van der Waals surface area contributed by atoms with E-state index in [0.29, 0.717) is 4.47 Å². The molecule has 2 rings (SSSR count). The van der Waals surface area contributed by atoms with Gasteiger partial charge in [-0.1, -0.05) is 6.07 Å². The summed E-state index contributed by atoms with van der Waals surface area (Å²) in [6.07, 6.45) is 0. The maximum Gasteiger partial charge on any atom is 0.137 e. The van der Waals surface area contributed by atoms with Gasteiger partial charge in [0, 0.05) is 4.88 Å². The van der Waals surface area contributed by atoms with Crippen LogP contribution in [0.4, 0.5) is 4.39 Å². The molecule has 0 radical (unpaired) electrons. The lowest BCUT2D eigenvalue weighted by atomic mass is 10.1. The molecule has 2 aromatic rings. The summed E-state index contributed by atoms with van der Waals surface area (Å²) in [5.41, 5.74) is 2.05. The number of halogens is 4. The predicted octanol–water partition coefficient (Wildman–Crippen LogP) is 6.05. The highest BCUT2D eigenvalue weighted by Crippen LogP contribution is 2.38. The van der Waals surface area contributed by atoms with E-state index < -0.39 is 0 Å². The minimum absolute atomic E-state index is 0.248. The molecule has 0 amide bonds. The molecule has 1 unspecified atom stereocenters. The van der Waals surface area contributed by atoms with Gasteiger partial charge >= 0.3 is 0 Å². The van der Waals surface area contributed by atoms with Crippen LogP contribution in [0.15, 0.2) is 32.5 Å². The second kappa shape index (κ2) is 5.39. The molecule has 0 nitrogen and oxygen atoms in total. The first kappa shape index (κ1) is 13.5. The van der Waals surface area contributed by atoms with Crippen LogP contribution in [0.1, 0.15) is 21.4 Å². The predicted molar refractivity (Wildman–Crippen MR) is 78.6 cm³/mol. The summed E-state index contributed by atoms with van der Waals surface area (Å²) in [5.74, 6) is -0.277. The standard InChI is InChI=1S/C12H8Br2ClFS/c1-6-4-10(17-12(6)14)11(15)7-2-3-9(16)8(13)5-7/h2-5,11H,1H3. The normalized spacial score (nSPS) is 12.8. The molecule has 0 aliphatic carbocycles. The van der Waals surface area contributed by atoms with E-state index in [-0.39, 0.29) is 11.2 Å². The zero-order valence-corrected chi connectivity index (χ0v) is 13.6. The smallest absolute Gasteiger partial charge is 0.137 e. The van der Waals surface area contributed by atoms with Crippen molar-refractivity contribution in [2.45, 2.75) is 12.3 Å². The van der Waals surface area contributed by atoms with Crippen LogP contribution in [0.2, 0.25) is 0 Å². The number of hydrogen-bond acceptors (Lipinski definition) is 1. The van der Waals surface area contributed by atoms with Gasteiger partial charge in [0.2, 0.25) is 0 Å². The van der Waals surface area contributed by atoms with E-state index in [1.165, 1.54) is 6.07 Å². The van der Waals surface area contributed by atoms with E-state index in [0.717, 1.165) is 19.8 Å². The molecule has 0 N–H and O–H groups in total. The van der Waals surface area contributed by atoms with E-state index in [1.807, 2.05) is 13.0 Å². The first-order chi connectivity index (χ1) is 7.99. The monoisotopic (exact) mass is 396 g/mol. The number of benzene rings is 1. The molecule has 1 atom stereocenters. The largest absolute Gasteiger partial charge is 0.206 e. The van der Waals surface area contributed by atoms with Crippen LogP contribution in [-0.2, 0) is 0 Å². The van der Waals surface area contributed by atoms with Gasteiger partial charge < -0.3 is 0 Å². The van der Waals surface area contributed by atoms with Crippen molar-refractivity contribution in [3.63, 3.8) is 0 Å². The first-order valence-electron chi connectivity index (χ1n) is 4.84. The van der Waals surface area contributed by atoms with Crippen molar-refractivity contribution in [3.8, 4) is 0 Å². The van der Waals surface area contributed by atoms with E-state index in [9.17, 15) is 4.39 Å². The van der Waals surface area contributed by atoms with Gasteiger partial charge in [0.05, 0.1) is 13.6 Å². The Morgan fingerprint density at radius 2 is 2.00 bits per heavy atom. The number of aryl methyl sites for hydroxylation is 1. The van der Waals surface area contributed by atoms with Gasteiger partial charge in [0.1, 0.15) is 5.82 Å². The van der Waals surface area contributed by atoms with E-state index >= 15 is 0 Å². The molecule has 0 fully saturated rings. The lowest BCUT2D eigenvalue weighted by molar-refractivity contribution is 0.620. The summed E-state index contributed by atoms with van der Waals surface area (Å²) in [6, 6.07) is 6.89. The average molecular weight is 399 g/mol. The minimum atomic E-state index is -0.277. The highest BCUT2D eigenvalue weighted by atomic mass is 79.9. The van der Waals surface area contributed by atoms with E-state index in [4.69, 9.17) is 11.6 Å². The molecular weight excluding hydrogens is 390 g/mol. The summed E-state index contributed by atoms with van der Waals surface area (Å²) in [7, 11) is 0. The molecule has 0 aliphatic rings. The molecule has 0 bridgehead atoms. The second-order valence-corrected chi connectivity index (χ2v) is 7.33. The van der Waals surface area contributed by atoms with Crippen molar-refractivity contribution in [1.82, 2.24) is 0 Å². The molecule has 1 aromatic carbocycles. The Morgan fingerprint density at radius 1 is 1.29 bits per heavy atom. The lowest BCUT2D eigenvalue weighted by Gasteiger charge is -2.08. The van der Waals surface area contributed by atoms with Gasteiger partial charge in [0.25, 0.3) is 0 Å². The summed E-state index contributed by atoms with van der Waals surface area (Å²) < 4.78 is 14.7.